The number of halogens is 1. The molecule has 0 radical (unpaired) electrons. The lowest BCUT2D eigenvalue weighted by Crippen LogP contribution is -2.19. The molecule has 0 spiro atoms. The Kier molecular flexibility index (Phi) is 5.94. The van der Waals surface area contributed by atoms with Crippen molar-refractivity contribution in [3.63, 3.8) is 0 Å². The number of rotatable bonds is 6. The number of aryl methyl sites for hydroxylation is 1. The molecule has 0 atom stereocenters. The van der Waals surface area contributed by atoms with Crippen molar-refractivity contribution < 1.29 is 9.18 Å². The fourth-order valence-corrected chi connectivity index (χ4v) is 3.60. The largest absolute Gasteiger partial charge is 0.310 e. The van der Waals surface area contributed by atoms with Crippen molar-refractivity contribution >= 4 is 23.5 Å². The zero-order valence-electron chi connectivity index (χ0n) is 16.5. The Balaban J connectivity index is 1.61. The van der Waals surface area contributed by atoms with E-state index in [1.54, 1.807) is 25.1 Å². The summed E-state index contributed by atoms with van der Waals surface area (Å²) in [5.74, 6) is 0.0942. The first-order valence-corrected chi connectivity index (χ1v) is 10.4. The number of H-pyrrole nitrogens is 1. The van der Waals surface area contributed by atoms with E-state index < -0.39 is 0 Å². The van der Waals surface area contributed by atoms with Gasteiger partial charge < -0.3 is 5.32 Å². The molecular weight excluding hydrogens is 417 g/mol. The minimum absolute atomic E-state index is 0.120. The van der Waals surface area contributed by atoms with Crippen LogP contribution in [-0.4, -0.2) is 31.4 Å². The number of nitrogens with one attached hydrogen (secondary N) is 2. The summed E-state index contributed by atoms with van der Waals surface area (Å²) in [5.41, 5.74) is 1.68. The number of aromatic amines is 1. The quantitative estimate of drug-likeness (QED) is 0.450. The highest BCUT2D eigenvalue weighted by atomic mass is 32.2. The summed E-state index contributed by atoms with van der Waals surface area (Å²) in [6.07, 6.45) is 0. The van der Waals surface area contributed by atoms with Gasteiger partial charge in [-0.15, -0.1) is 11.8 Å². The lowest BCUT2D eigenvalue weighted by Gasteiger charge is -2.08. The highest BCUT2D eigenvalue weighted by molar-refractivity contribution is 8.00. The molecule has 2 aromatic carbocycles. The van der Waals surface area contributed by atoms with Gasteiger partial charge in [-0.2, -0.15) is 9.78 Å². The van der Waals surface area contributed by atoms with Gasteiger partial charge in [-0.05, 0) is 31.2 Å². The molecule has 9 heteroatoms. The molecule has 0 aliphatic rings. The van der Waals surface area contributed by atoms with E-state index in [1.807, 2.05) is 30.3 Å². The topological polar surface area (TPSA) is 92.7 Å². The first-order valence-electron chi connectivity index (χ1n) is 9.40. The van der Waals surface area contributed by atoms with Gasteiger partial charge in [0.15, 0.2) is 0 Å². The summed E-state index contributed by atoms with van der Waals surface area (Å²) in [7, 11) is 0. The summed E-state index contributed by atoms with van der Waals surface area (Å²) in [5, 5.41) is 7.36. The monoisotopic (exact) mass is 435 g/mol. The van der Waals surface area contributed by atoms with Crippen LogP contribution in [0.5, 0.6) is 0 Å². The molecule has 0 saturated carbocycles. The molecule has 0 aliphatic heterocycles. The fraction of sp³-hybridized carbons (Fsp3) is 0.0909. The average molecular weight is 435 g/mol. The average Bonchev–Trinajstić information content (AvgIpc) is 3.17. The van der Waals surface area contributed by atoms with Crippen LogP contribution < -0.4 is 10.9 Å². The maximum absolute atomic E-state index is 13.0. The number of amides is 1. The van der Waals surface area contributed by atoms with Crippen LogP contribution in [0.4, 0.5) is 10.2 Å². The van der Waals surface area contributed by atoms with Gasteiger partial charge in [0.05, 0.1) is 11.4 Å². The van der Waals surface area contributed by atoms with E-state index in [2.05, 4.69) is 20.4 Å². The number of hydrogen-bond donors (Lipinski definition) is 2. The Morgan fingerprint density at radius 2 is 1.87 bits per heavy atom. The van der Waals surface area contributed by atoms with Crippen molar-refractivity contribution in [1.82, 2.24) is 19.7 Å². The molecule has 0 saturated heterocycles. The Morgan fingerprint density at radius 1 is 1.13 bits per heavy atom. The van der Waals surface area contributed by atoms with Crippen molar-refractivity contribution in [3.8, 4) is 17.2 Å². The third-order valence-corrected chi connectivity index (χ3v) is 5.30. The van der Waals surface area contributed by atoms with E-state index >= 15 is 0 Å². The Bertz CT molecular complexity index is 1270. The summed E-state index contributed by atoms with van der Waals surface area (Å²) in [6.45, 7) is 1.71. The second-order valence-corrected chi connectivity index (χ2v) is 7.74. The van der Waals surface area contributed by atoms with E-state index in [-0.39, 0.29) is 29.0 Å². The van der Waals surface area contributed by atoms with Gasteiger partial charge in [-0.1, -0.05) is 30.3 Å². The van der Waals surface area contributed by atoms with Crippen LogP contribution in [0.1, 0.15) is 5.69 Å². The lowest BCUT2D eigenvalue weighted by molar-refractivity contribution is -0.113. The number of aromatic nitrogens is 4. The molecule has 4 aromatic rings. The van der Waals surface area contributed by atoms with Gasteiger partial charge in [0.1, 0.15) is 11.6 Å². The maximum atomic E-state index is 13.0. The molecule has 0 fully saturated rings. The zero-order chi connectivity index (χ0) is 21.8. The SMILES string of the molecule is Cc1cc(=O)[nH]c(-n2nc(-c3ccccc3)cc2NC(=O)CSc2ccc(F)cc2)n1. The van der Waals surface area contributed by atoms with Crippen molar-refractivity contribution in [2.45, 2.75) is 11.8 Å². The molecule has 0 bridgehead atoms. The van der Waals surface area contributed by atoms with Gasteiger partial charge in [-0.3, -0.25) is 14.6 Å². The van der Waals surface area contributed by atoms with E-state index in [0.29, 0.717) is 17.2 Å². The first-order chi connectivity index (χ1) is 15.0. The van der Waals surface area contributed by atoms with E-state index in [4.69, 9.17) is 0 Å². The molecule has 4 rings (SSSR count). The Hall–Kier alpha value is -3.72. The van der Waals surface area contributed by atoms with Crippen LogP contribution in [0.2, 0.25) is 0 Å². The predicted molar refractivity (Wildman–Crippen MR) is 118 cm³/mol. The van der Waals surface area contributed by atoms with Crippen molar-refractivity contribution in [2.24, 2.45) is 0 Å². The van der Waals surface area contributed by atoms with Gasteiger partial charge >= 0.3 is 0 Å². The number of anilines is 1. The molecule has 156 valence electrons. The number of carbonyl (C=O) groups excluding carboxylic acids is 1. The molecular formula is C22H18FN5O2S. The van der Waals surface area contributed by atoms with E-state index in [0.717, 1.165) is 10.5 Å². The summed E-state index contributed by atoms with van der Waals surface area (Å²) in [6, 6.07) is 18.5. The molecule has 2 heterocycles. The van der Waals surface area contributed by atoms with Crippen molar-refractivity contribution in [1.29, 1.82) is 0 Å². The molecule has 7 nitrogen and oxygen atoms in total. The number of thioether (sulfide) groups is 1. The molecule has 1 amide bonds. The normalized spacial score (nSPS) is 10.8. The minimum Gasteiger partial charge on any atom is -0.310 e. The van der Waals surface area contributed by atoms with Crippen molar-refractivity contribution in [3.05, 3.63) is 88.6 Å². The fourth-order valence-electron chi connectivity index (χ4n) is 2.90. The van der Waals surface area contributed by atoms with Crippen LogP contribution in [0.15, 0.2) is 76.4 Å². The Labute approximate surface area is 181 Å². The van der Waals surface area contributed by atoms with E-state index in [1.165, 1.54) is 34.6 Å². The maximum Gasteiger partial charge on any atom is 0.252 e. The molecule has 2 N–H and O–H groups in total. The molecule has 31 heavy (non-hydrogen) atoms. The second kappa shape index (κ2) is 8.97. The van der Waals surface area contributed by atoms with E-state index in [9.17, 15) is 14.0 Å². The van der Waals surface area contributed by atoms with Crippen LogP contribution in [-0.2, 0) is 4.79 Å². The summed E-state index contributed by atoms with van der Waals surface area (Å²) >= 11 is 1.28. The van der Waals surface area contributed by atoms with Crippen LogP contribution in [0.3, 0.4) is 0 Å². The third-order valence-electron chi connectivity index (χ3n) is 4.29. The third kappa shape index (κ3) is 5.07. The molecule has 0 unspecified atom stereocenters. The van der Waals surface area contributed by atoms with Gasteiger partial charge in [0.25, 0.3) is 5.56 Å². The number of hydrogen-bond acceptors (Lipinski definition) is 5. The van der Waals surface area contributed by atoms with Crippen LogP contribution in [0.25, 0.3) is 17.2 Å². The summed E-state index contributed by atoms with van der Waals surface area (Å²) in [4.78, 5) is 32.3. The highest BCUT2D eigenvalue weighted by Crippen LogP contribution is 2.24. The van der Waals surface area contributed by atoms with Crippen LogP contribution in [0, 0.1) is 12.7 Å². The smallest absolute Gasteiger partial charge is 0.252 e. The molecule has 2 aromatic heterocycles. The highest BCUT2D eigenvalue weighted by Gasteiger charge is 2.16. The molecule has 0 aliphatic carbocycles. The number of nitrogens with zero attached hydrogens (tertiary/aromatic N) is 3. The standard InChI is InChI=1S/C22H18FN5O2S/c1-14-11-20(29)26-22(24-14)28-19(12-18(27-28)15-5-3-2-4-6-15)25-21(30)13-31-17-9-7-16(23)8-10-17/h2-12H,13H2,1H3,(H,25,30)(H,24,26,29). The predicted octanol–water partition coefficient (Wildman–Crippen LogP) is 3.80. The number of benzene rings is 2. The zero-order valence-corrected chi connectivity index (χ0v) is 17.3. The van der Waals surface area contributed by atoms with Gasteiger partial charge in [-0.25, -0.2) is 9.37 Å². The second-order valence-electron chi connectivity index (χ2n) is 6.69. The van der Waals surface area contributed by atoms with Crippen LogP contribution >= 0.6 is 11.8 Å². The lowest BCUT2D eigenvalue weighted by atomic mass is 10.2. The van der Waals surface area contributed by atoms with Gasteiger partial charge in [0, 0.05) is 28.3 Å². The first kappa shape index (κ1) is 20.5. The summed E-state index contributed by atoms with van der Waals surface area (Å²) < 4.78 is 14.4. The Morgan fingerprint density at radius 3 is 2.58 bits per heavy atom. The van der Waals surface area contributed by atoms with Crippen molar-refractivity contribution in [2.75, 3.05) is 11.1 Å². The van der Waals surface area contributed by atoms with Gasteiger partial charge in [0.2, 0.25) is 11.9 Å². The minimum atomic E-state index is -0.328. The number of carbonyl (C=O) groups is 1.